The van der Waals surface area contributed by atoms with Gasteiger partial charge >= 0.3 is 0 Å². The van der Waals surface area contributed by atoms with Gasteiger partial charge in [-0.2, -0.15) is 0 Å². The smallest absolute Gasteiger partial charge is 0.225 e. The highest BCUT2D eigenvalue weighted by Gasteiger charge is 2.27. The zero-order valence-electron chi connectivity index (χ0n) is 17.0. The molecule has 1 atom stereocenters. The molecule has 0 bridgehead atoms. The minimum atomic E-state index is -0.0258. The predicted octanol–water partition coefficient (Wildman–Crippen LogP) is 2.10. The molecule has 0 saturated carbocycles. The summed E-state index contributed by atoms with van der Waals surface area (Å²) in [5, 5.41) is 11.5. The van der Waals surface area contributed by atoms with E-state index in [9.17, 15) is 4.79 Å². The number of hydrogen-bond acceptors (Lipinski definition) is 6. The van der Waals surface area contributed by atoms with Gasteiger partial charge in [-0.1, -0.05) is 6.07 Å². The number of amides is 1. The van der Waals surface area contributed by atoms with E-state index < -0.39 is 0 Å². The summed E-state index contributed by atoms with van der Waals surface area (Å²) in [7, 11) is 0. The summed E-state index contributed by atoms with van der Waals surface area (Å²) in [6, 6.07) is 7.82. The maximum atomic E-state index is 12.7. The molecule has 4 rings (SSSR count). The molecule has 0 unspecified atom stereocenters. The van der Waals surface area contributed by atoms with Crippen molar-refractivity contribution in [1.29, 1.82) is 0 Å². The van der Waals surface area contributed by atoms with Gasteiger partial charge in [0.25, 0.3) is 0 Å². The van der Waals surface area contributed by atoms with Crippen molar-refractivity contribution in [1.82, 2.24) is 29.9 Å². The van der Waals surface area contributed by atoms with Crippen LogP contribution in [0.15, 0.2) is 30.5 Å². The second-order valence-electron chi connectivity index (χ2n) is 7.68. The number of nitrogens with zero attached hydrogens (tertiary/aromatic N) is 6. The molecular weight excluding hydrogens is 366 g/mol. The van der Waals surface area contributed by atoms with Crippen molar-refractivity contribution in [3.05, 3.63) is 47.7 Å². The summed E-state index contributed by atoms with van der Waals surface area (Å²) < 4.78 is 1.99. The third kappa shape index (κ3) is 4.52. The highest BCUT2D eigenvalue weighted by Crippen LogP contribution is 2.21. The third-order valence-corrected chi connectivity index (χ3v) is 5.31. The summed E-state index contributed by atoms with van der Waals surface area (Å²) in [5.74, 6) is 1.75. The van der Waals surface area contributed by atoms with Crippen molar-refractivity contribution < 1.29 is 4.79 Å². The monoisotopic (exact) mass is 393 g/mol. The highest BCUT2D eigenvalue weighted by atomic mass is 16.1. The Hall–Kier alpha value is -3.03. The Kier molecular flexibility index (Phi) is 5.69. The summed E-state index contributed by atoms with van der Waals surface area (Å²) in [5.41, 5.74) is 2.77. The number of aryl methyl sites for hydroxylation is 3. The molecule has 0 radical (unpaired) electrons. The fourth-order valence-electron chi connectivity index (χ4n) is 3.89. The molecule has 0 spiro atoms. The Morgan fingerprint density at radius 2 is 2.03 bits per heavy atom. The Balaban J connectivity index is 1.28. The Labute approximate surface area is 170 Å². The van der Waals surface area contributed by atoms with Crippen LogP contribution in [0, 0.1) is 19.8 Å². The minimum Gasteiger partial charge on any atom is -0.356 e. The topological polar surface area (TPSA) is 88.3 Å². The summed E-state index contributed by atoms with van der Waals surface area (Å²) in [4.78, 5) is 23.9. The number of nitrogens with one attached hydrogen (secondary N) is 1. The zero-order valence-corrected chi connectivity index (χ0v) is 17.0. The van der Waals surface area contributed by atoms with Gasteiger partial charge < -0.3 is 10.2 Å². The molecule has 29 heavy (non-hydrogen) atoms. The van der Waals surface area contributed by atoms with Crippen LogP contribution in [-0.4, -0.2) is 50.1 Å². The first-order valence-corrected chi connectivity index (χ1v) is 10.2. The maximum absolute atomic E-state index is 12.7. The van der Waals surface area contributed by atoms with Gasteiger partial charge in [0.05, 0.1) is 5.92 Å². The molecule has 1 amide bonds. The van der Waals surface area contributed by atoms with E-state index in [0.29, 0.717) is 13.1 Å². The molecule has 1 N–H and O–H groups in total. The third-order valence-electron chi connectivity index (χ3n) is 5.31. The van der Waals surface area contributed by atoms with E-state index in [4.69, 9.17) is 0 Å². The van der Waals surface area contributed by atoms with Crippen LogP contribution in [0.3, 0.4) is 0 Å². The van der Waals surface area contributed by atoms with Crippen LogP contribution < -0.4 is 10.2 Å². The molecule has 0 aliphatic carbocycles. The van der Waals surface area contributed by atoms with Gasteiger partial charge in [0.1, 0.15) is 5.82 Å². The number of piperidine rings is 1. The van der Waals surface area contributed by atoms with Crippen molar-refractivity contribution in [2.45, 2.75) is 39.5 Å². The molecule has 1 aliphatic rings. The summed E-state index contributed by atoms with van der Waals surface area (Å²) >= 11 is 0. The Morgan fingerprint density at radius 1 is 1.21 bits per heavy atom. The van der Waals surface area contributed by atoms with E-state index in [0.717, 1.165) is 61.0 Å². The molecule has 1 aliphatic heterocycles. The average Bonchev–Trinajstić information content (AvgIpc) is 3.13. The van der Waals surface area contributed by atoms with Crippen LogP contribution in [0.4, 0.5) is 5.95 Å². The Bertz CT molecular complexity index is 979. The van der Waals surface area contributed by atoms with Crippen LogP contribution >= 0.6 is 0 Å². The first-order chi connectivity index (χ1) is 14.1. The van der Waals surface area contributed by atoms with Gasteiger partial charge in [0, 0.05) is 43.6 Å². The van der Waals surface area contributed by atoms with E-state index in [1.54, 1.807) is 0 Å². The van der Waals surface area contributed by atoms with Gasteiger partial charge in [-0.25, -0.2) is 9.97 Å². The molecule has 1 fully saturated rings. The lowest BCUT2D eigenvalue weighted by atomic mass is 9.97. The number of aromatic nitrogens is 5. The van der Waals surface area contributed by atoms with Crippen LogP contribution in [-0.2, 0) is 11.2 Å². The largest absolute Gasteiger partial charge is 0.356 e. The molecule has 3 aromatic rings. The molecule has 8 nitrogen and oxygen atoms in total. The molecule has 8 heteroatoms. The van der Waals surface area contributed by atoms with Crippen molar-refractivity contribution in [3.8, 4) is 0 Å². The van der Waals surface area contributed by atoms with Crippen LogP contribution in [0.2, 0.25) is 0 Å². The highest BCUT2D eigenvalue weighted by molar-refractivity contribution is 5.79. The van der Waals surface area contributed by atoms with Gasteiger partial charge in [-0.3, -0.25) is 9.20 Å². The lowest BCUT2D eigenvalue weighted by molar-refractivity contribution is -0.125. The van der Waals surface area contributed by atoms with Crippen molar-refractivity contribution in [3.63, 3.8) is 0 Å². The molecule has 3 aromatic heterocycles. The number of carbonyl (C=O) groups is 1. The predicted molar refractivity (Wildman–Crippen MR) is 111 cm³/mol. The quantitative estimate of drug-likeness (QED) is 0.645. The zero-order chi connectivity index (χ0) is 20.2. The number of rotatable bonds is 6. The van der Waals surface area contributed by atoms with Crippen LogP contribution in [0.1, 0.15) is 36.5 Å². The fraction of sp³-hybridized carbons (Fsp3) is 0.476. The van der Waals surface area contributed by atoms with Crippen molar-refractivity contribution in [2.75, 3.05) is 24.5 Å². The normalized spacial score (nSPS) is 16.9. The van der Waals surface area contributed by atoms with Crippen LogP contribution in [0.5, 0.6) is 0 Å². The molecule has 4 heterocycles. The van der Waals surface area contributed by atoms with E-state index >= 15 is 0 Å². The lowest BCUT2D eigenvalue weighted by Crippen LogP contribution is -2.44. The standard InChI is InChI=1S/C21H27N7O/c1-15-13-16(2)24-21(23-15)27-11-6-7-17(14-27)20(29)22-10-5-9-19-26-25-18-8-3-4-12-28(18)19/h3-4,8,12-13,17H,5-7,9-11,14H2,1-2H3,(H,22,29)/t17-/m0/s1. The molecule has 1 saturated heterocycles. The summed E-state index contributed by atoms with van der Waals surface area (Å²) in [6.45, 7) is 6.16. The SMILES string of the molecule is Cc1cc(C)nc(N2CCC[C@H](C(=O)NCCCc3nnc4ccccn34)C2)n1. The molecule has 0 aromatic carbocycles. The number of carbonyl (C=O) groups excluding carboxylic acids is 1. The van der Waals surface area contributed by atoms with Crippen molar-refractivity contribution in [2.24, 2.45) is 5.92 Å². The summed E-state index contributed by atoms with van der Waals surface area (Å²) in [6.07, 6.45) is 5.45. The van der Waals surface area contributed by atoms with E-state index in [-0.39, 0.29) is 11.8 Å². The Morgan fingerprint density at radius 3 is 2.86 bits per heavy atom. The average molecular weight is 393 g/mol. The van der Waals surface area contributed by atoms with Crippen LogP contribution in [0.25, 0.3) is 5.65 Å². The number of anilines is 1. The second kappa shape index (κ2) is 8.55. The van der Waals surface area contributed by atoms with E-state index in [1.807, 2.05) is 48.7 Å². The fourth-order valence-corrected chi connectivity index (χ4v) is 3.89. The first-order valence-electron chi connectivity index (χ1n) is 10.2. The van der Waals surface area contributed by atoms with Gasteiger partial charge in [-0.05, 0) is 51.3 Å². The molecule has 152 valence electrons. The second-order valence-corrected chi connectivity index (χ2v) is 7.68. The van der Waals surface area contributed by atoms with Crippen molar-refractivity contribution >= 4 is 17.5 Å². The van der Waals surface area contributed by atoms with Gasteiger partial charge in [-0.15, -0.1) is 10.2 Å². The number of pyridine rings is 1. The maximum Gasteiger partial charge on any atom is 0.225 e. The molecular formula is C21H27N7O. The van der Waals surface area contributed by atoms with Gasteiger partial charge in [0.15, 0.2) is 5.65 Å². The number of fused-ring (bicyclic) bond motifs is 1. The van der Waals surface area contributed by atoms with Gasteiger partial charge in [0.2, 0.25) is 11.9 Å². The first kappa shape index (κ1) is 19.3. The van der Waals surface area contributed by atoms with E-state index in [2.05, 4.69) is 30.4 Å². The van der Waals surface area contributed by atoms with E-state index in [1.165, 1.54) is 0 Å². The lowest BCUT2D eigenvalue weighted by Gasteiger charge is -2.32. The number of hydrogen-bond donors (Lipinski definition) is 1. The minimum absolute atomic E-state index is 0.0258.